The summed E-state index contributed by atoms with van der Waals surface area (Å²) < 4.78 is 13.6. The molecule has 3 nitrogen and oxygen atoms in total. The maximum absolute atomic E-state index is 13.6. The smallest absolute Gasteiger partial charge is 0.306 e. The van der Waals surface area contributed by atoms with Gasteiger partial charge in [-0.15, -0.1) is 0 Å². The summed E-state index contributed by atoms with van der Waals surface area (Å²) in [5.41, 5.74) is -0.552. The second-order valence-electron chi connectivity index (χ2n) is 4.43. The van der Waals surface area contributed by atoms with Crippen molar-refractivity contribution in [3.05, 3.63) is 29.6 Å². The Hall–Kier alpha value is -1.45. The molecule has 1 aromatic rings. The first kappa shape index (κ1) is 12.6. The Balaban J connectivity index is 2.87. The van der Waals surface area contributed by atoms with E-state index >= 15 is 0 Å². The fourth-order valence-electron chi connectivity index (χ4n) is 1.33. The standard InChI is InChI=1S/C12H16FNO2/c1-8(11(15)16)7-9-5-4-6-10(14-9)12(2,3)13/h4-6,8H,7H2,1-3H3,(H,15,16). The number of halogens is 1. The molecule has 1 heterocycles. The van der Waals surface area contributed by atoms with E-state index in [1.165, 1.54) is 13.8 Å². The van der Waals surface area contributed by atoms with Gasteiger partial charge in [0.1, 0.15) is 5.67 Å². The maximum atomic E-state index is 13.6. The van der Waals surface area contributed by atoms with E-state index in [0.29, 0.717) is 17.8 Å². The highest BCUT2D eigenvalue weighted by molar-refractivity contribution is 5.69. The van der Waals surface area contributed by atoms with E-state index in [1.54, 1.807) is 25.1 Å². The lowest BCUT2D eigenvalue weighted by atomic mass is 10.0. The van der Waals surface area contributed by atoms with Crippen molar-refractivity contribution < 1.29 is 14.3 Å². The molecule has 0 bridgehead atoms. The van der Waals surface area contributed by atoms with Crippen LogP contribution in [0.3, 0.4) is 0 Å². The molecule has 1 N–H and O–H groups in total. The molecule has 4 heteroatoms. The summed E-state index contributed by atoms with van der Waals surface area (Å²) in [6, 6.07) is 5.02. The predicted octanol–water partition coefficient (Wildman–Crippen LogP) is 2.55. The second kappa shape index (κ2) is 4.60. The van der Waals surface area contributed by atoms with Gasteiger partial charge in [-0.05, 0) is 26.0 Å². The zero-order valence-electron chi connectivity index (χ0n) is 9.70. The fraction of sp³-hybridized carbons (Fsp3) is 0.500. The van der Waals surface area contributed by atoms with Crippen LogP contribution in [0.1, 0.15) is 32.2 Å². The number of alkyl halides is 1. The zero-order valence-corrected chi connectivity index (χ0v) is 9.70. The zero-order chi connectivity index (χ0) is 12.3. The Morgan fingerprint density at radius 3 is 2.69 bits per heavy atom. The van der Waals surface area contributed by atoms with E-state index in [1.807, 2.05) is 0 Å². The van der Waals surface area contributed by atoms with Crippen LogP contribution in [0.2, 0.25) is 0 Å². The van der Waals surface area contributed by atoms with Crippen LogP contribution in [0.4, 0.5) is 4.39 Å². The van der Waals surface area contributed by atoms with Gasteiger partial charge in [0.05, 0.1) is 11.6 Å². The Morgan fingerprint density at radius 2 is 2.19 bits per heavy atom. The molecule has 16 heavy (non-hydrogen) atoms. The minimum absolute atomic E-state index is 0.319. The van der Waals surface area contributed by atoms with Gasteiger partial charge in [0.2, 0.25) is 0 Å². The highest BCUT2D eigenvalue weighted by Gasteiger charge is 2.21. The number of carboxylic acids is 1. The van der Waals surface area contributed by atoms with Gasteiger partial charge < -0.3 is 5.11 Å². The summed E-state index contributed by atoms with van der Waals surface area (Å²) in [5, 5.41) is 8.77. The molecule has 88 valence electrons. The number of rotatable bonds is 4. The van der Waals surface area contributed by atoms with Crippen molar-refractivity contribution in [2.24, 2.45) is 5.92 Å². The molecule has 0 amide bonds. The molecular formula is C12H16FNO2. The van der Waals surface area contributed by atoms with Gasteiger partial charge in [0.25, 0.3) is 0 Å². The van der Waals surface area contributed by atoms with Crippen molar-refractivity contribution in [1.29, 1.82) is 0 Å². The van der Waals surface area contributed by atoms with E-state index in [2.05, 4.69) is 4.98 Å². The van der Waals surface area contributed by atoms with Crippen LogP contribution in [-0.4, -0.2) is 16.1 Å². The van der Waals surface area contributed by atoms with Gasteiger partial charge in [-0.3, -0.25) is 9.78 Å². The average Bonchev–Trinajstić information content (AvgIpc) is 2.16. The molecule has 0 aromatic carbocycles. The molecule has 0 fully saturated rings. The molecule has 1 atom stereocenters. The molecule has 1 unspecified atom stereocenters. The Kier molecular flexibility index (Phi) is 3.62. The quantitative estimate of drug-likeness (QED) is 0.856. The highest BCUT2D eigenvalue weighted by atomic mass is 19.1. The van der Waals surface area contributed by atoms with Crippen molar-refractivity contribution in [3.63, 3.8) is 0 Å². The minimum Gasteiger partial charge on any atom is -0.481 e. The van der Waals surface area contributed by atoms with E-state index in [-0.39, 0.29) is 0 Å². The average molecular weight is 225 g/mol. The number of carboxylic acid groups (broad SMARTS) is 1. The first-order valence-corrected chi connectivity index (χ1v) is 5.19. The third-order valence-corrected chi connectivity index (χ3v) is 2.35. The minimum atomic E-state index is -1.50. The van der Waals surface area contributed by atoms with Gasteiger partial charge >= 0.3 is 5.97 Å². The topological polar surface area (TPSA) is 50.2 Å². The summed E-state index contributed by atoms with van der Waals surface area (Å²) in [4.78, 5) is 14.8. The second-order valence-corrected chi connectivity index (χ2v) is 4.43. The summed E-state index contributed by atoms with van der Waals surface area (Å²) in [6.45, 7) is 4.47. The van der Waals surface area contributed by atoms with Crippen molar-refractivity contribution >= 4 is 5.97 Å². The highest BCUT2D eigenvalue weighted by Crippen LogP contribution is 2.22. The Bertz CT molecular complexity index is 385. The van der Waals surface area contributed by atoms with E-state index in [0.717, 1.165) is 0 Å². The van der Waals surface area contributed by atoms with Gasteiger partial charge in [0, 0.05) is 12.1 Å². The third-order valence-electron chi connectivity index (χ3n) is 2.35. The van der Waals surface area contributed by atoms with E-state index in [9.17, 15) is 9.18 Å². The lowest BCUT2D eigenvalue weighted by molar-refractivity contribution is -0.141. The molecule has 0 spiro atoms. The maximum Gasteiger partial charge on any atom is 0.306 e. The number of pyridine rings is 1. The molecule has 1 rings (SSSR count). The number of aromatic nitrogens is 1. The lowest BCUT2D eigenvalue weighted by Crippen LogP contribution is -2.16. The third kappa shape index (κ3) is 3.29. The van der Waals surface area contributed by atoms with Crippen LogP contribution in [-0.2, 0) is 16.9 Å². The molecule has 0 saturated heterocycles. The summed E-state index contributed by atoms with van der Waals surface area (Å²) in [5.74, 6) is -1.38. The van der Waals surface area contributed by atoms with Gasteiger partial charge in [-0.2, -0.15) is 0 Å². The molecule has 0 aliphatic rings. The number of hydrogen-bond donors (Lipinski definition) is 1. The van der Waals surface area contributed by atoms with Gasteiger partial charge in [0.15, 0.2) is 0 Å². The van der Waals surface area contributed by atoms with Crippen molar-refractivity contribution in [2.45, 2.75) is 32.9 Å². The predicted molar refractivity (Wildman–Crippen MR) is 58.9 cm³/mol. The largest absolute Gasteiger partial charge is 0.481 e. The summed E-state index contributed by atoms with van der Waals surface area (Å²) in [7, 11) is 0. The lowest BCUT2D eigenvalue weighted by Gasteiger charge is -2.14. The van der Waals surface area contributed by atoms with Crippen molar-refractivity contribution in [2.75, 3.05) is 0 Å². The molecule has 1 aromatic heterocycles. The SMILES string of the molecule is CC(Cc1cccc(C(C)(C)F)n1)C(=O)O. The fourth-order valence-corrected chi connectivity index (χ4v) is 1.33. The van der Waals surface area contributed by atoms with Gasteiger partial charge in [-0.25, -0.2) is 4.39 Å². The van der Waals surface area contributed by atoms with Crippen molar-refractivity contribution in [1.82, 2.24) is 4.98 Å². The number of carbonyl (C=O) groups is 1. The van der Waals surface area contributed by atoms with Crippen LogP contribution in [0.25, 0.3) is 0 Å². The van der Waals surface area contributed by atoms with Crippen LogP contribution < -0.4 is 0 Å². The van der Waals surface area contributed by atoms with Crippen LogP contribution >= 0.6 is 0 Å². The van der Waals surface area contributed by atoms with E-state index in [4.69, 9.17) is 5.11 Å². The van der Waals surface area contributed by atoms with Gasteiger partial charge in [-0.1, -0.05) is 13.0 Å². The van der Waals surface area contributed by atoms with Crippen LogP contribution in [0, 0.1) is 5.92 Å². The molecule has 0 radical (unpaired) electrons. The molecule has 0 aliphatic carbocycles. The summed E-state index contributed by atoms with van der Waals surface area (Å²) >= 11 is 0. The Labute approximate surface area is 94.3 Å². The molecule has 0 saturated carbocycles. The number of aliphatic carboxylic acids is 1. The first-order valence-electron chi connectivity index (χ1n) is 5.19. The monoisotopic (exact) mass is 225 g/mol. The number of hydrogen-bond acceptors (Lipinski definition) is 2. The Morgan fingerprint density at radius 1 is 1.56 bits per heavy atom. The van der Waals surface area contributed by atoms with Crippen LogP contribution in [0.15, 0.2) is 18.2 Å². The first-order chi connectivity index (χ1) is 7.30. The van der Waals surface area contributed by atoms with Crippen molar-refractivity contribution in [3.8, 4) is 0 Å². The summed E-state index contributed by atoms with van der Waals surface area (Å²) in [6.07, 6.45) is 0.319. The molecular weight excluding hydrogens is 209 g/mol. The molecule has 0 aliphatic heterocycles. The normalized spacial score (nSPS) is 13.5. The van der Waals surface area contributed by atoms with Crippen LogP contribution in [0.5, 0.6) is 0 Å². The number of nitrogens with zero attached hydrogens (tertiary/aromatic N) is 1. The van der Waals surface area contributed by atoms with E-state index < -0.39 is 17.6 Å².